The molecule has 0 saturated carbocycles. The fourth-order valence-electron chi connectivity index (χ4n) is 4.47. The number of hydrogen-bond acceptors (Lipinski definition) is 5. The second-order valence-electron chi connectivity index (χ2n) is 8.70. The molecule has 0 N–H and O–H groups in total. The van der Waals surface area contributed by atoms with E-state index >= 15 is 0 Å². The molecule has 0 amide bonds. The SMILES string of the molecule is Fc1ccccc1CN1CCC(c2nnc(SCc3cccnc3)n2Cc2ccccc2)CC1. The maximum Gasteiger partial charge on any atom is 0.191 e. The van der Waals surface area contributed by atoms with Gasteiger partial charge in [0.15, 0.2) is 5.16 Å². The summed E-state index contributed by atoms with van der Waals surface area (Å²) in [7, 11) is 0. The lowest BCUT2D eigenvalue weighted by Gasteiger charge is -2.31. The first-order valence-electron chi connectivity index (χ1n) is 11.7. The first-order chi connectivity index (χ1) is 16.8. The topological polar surface area (TPSA) is 46.8 Å². The molecule has 4 aromatic rings. The average Bonchev–Trinajstić information content (AvgIpc) is 3.28. The van der Waals surface area contributed by atoms with Crippen LogP contribution in [0.25, 0.3) is 0 Å². The number of nitrogens with zero attached hydrogens (tertiary/aromatic N) is 5. The standard InChI is InChI=1S/C27H28FN5S/c28-25-11-5-4-10-24(25)19-32-15-12-23(13-16-32)26-30-31-27(34-20-22-9-6-14-29-17-22)33(26)18-21-7-2-1-3-8-21/h1-11,14,17,23H,12-13,15-16,18-20H2. The summed E-state index contributed by atoms with van der Waals surface area (Å²) >= 11 is 1.71. The van der Waals surface area contributed by atoms with Crippen LogP contribution in [-0.2, 0) is 18.8 Å². The molecule has 5 rings (SSSR count). The highest BCUT2D eigenvalue weighted by Gasteiger charge is 2.27. The molecule has 34 heavy (non-hydrogen) atoms. The Balaban J connectivity index is 1.30. The zero-order valence-electron chi connectivity index (χ0n) is 19.1. The molecular weight excluding hydrogens is 445 g/mol. The van der Waals surface area contributed by atoms with E-state index < -0.39 is 0 Å². The predicted octanol–water partition coefficient (Wildman–Crippen LogP) is 5.53. The Kier molecular flexibility index (Phi) is 7.31. The van der Waals surface area contributed by atoms with Crippen molar-refractivity contribution < 1.29 is 4.39 Å². The molecular formula is C27H28FN5S. The monoisotopic (exact) mass is 473 g/mol. The Morgan fingerprint density at radius 2 is 1.62 bits per heavy atom. The van der Waals surface area contributed by atoms with Gasteiger partial charge >= 0.3 is 0 Å². The molecule has 0 atom stereocenters. The van der Waals surface area contributed by atoms with Crippen molar-refractivity contribution in [2.24, 2.45) is 0 Å². The zero-order chi connectivity index (χ0) is 23.2. The van der Waals surface area contributed by atoms with E-state index in [4.69, 9.17) is 0 Å². The van der Waals surface area contributed by atoms with Crippen molar-refractivity contribution in [3.8, 4) is 0 Å². The van der Waals surface area contributed by atoms with Crippen molar-refractivity contribution in [2.45, 2.75) is 42.8 Å². The number of likely N-dealkylation sites (tertiary alicyclic amines) is 1. The zero-order valence-corrected chi connectivity index (χ0v) is 19.9. The second kappa shape index (κ2) is 10.9. The molecule has 7 heteroatoms. The molecule has 3 heterocycles. The van der Waals surface area contributed by atoms with Crippen LogP contribution in [0.5, 0.6) is 0 Å². The number of piperidine rings is 1. The van der Waals surface area contributed by atoms with Crippen LogP contribution in [0.4, 0.5) is 4.39 Å². The molecule has 0 radical (unpaired) electrons. The summed E-state index contributed by atoms with van der Waals surface area (Å²) in [4.78, 5) is 6.56. The first kappa shape index (κ1) is 22.7. The molecule has 1 fully saturated rings. The Labute approximate surface area is 204 Å². The summed E-state index contributed by atoms with van der Waals surface area (Å²) in [5.41, 5.74) is 3.18. The summed E-state index contributed by atoms with van der Waals surface area (Å²) < 4.78 is 16.4. The minimum atomic E-state index is -0.123. The van der Waals surface area contributed by atoms with Gasteiger partial charge in [0.05, 0.1) is 6.54 Å². The van der Waals surface area contributed by atoms with Gasteiger partial charge in [0.1, 0.15) is 11.6 Å². The lowest BCUT2D eigenvalue weighted by molar-refractivity contribution is 0.198. The fraction of sp³-hybridized carbons (Fsp3) is 0.296. The fourth-order valence-corrected chi connectivity index (χ4v) is 5.35. The van der Waals surface area contributed by atoms with Crippen LogP contribution in [0.15, 0.2) is 84.3 Å². The summed E-state index contributed by atoms with van der Waals surface area (Å²) in [5.74, 6) is 2.09. The van der Waals surface area contributed by atoms with Gasteiger partial charge in [-0.25, -0.2) is 4.39 Å². The minimum absolute atomic E-state index is 0.123. The number of rotatable bonds is 8. The van der Waals surface area contributed by atoms with E-state index in [1.165, 1.54) is 11.1 Å². The highest BCUT2D eigenvalue weighted by molar-refractivity contribution is 7.98. The molecule has 1 aliphatic heterocycles. The maximum absolute atomic E-state index is 14.1. The summed E-state index contributed by atoms with van der Waals surface area (Å²) in [6.45, 7) is 3.26. The molecule has 5 nitrogen and oxygen atoms in total. The Hall–Kier alpha value is -3.03. The van der Waals surface area contributed by atoms with Crippen LogP contribution in [0, 0.1) is 5.82 Å². The van der Waals surface area contributed by atoms with Crippen molar-refractivity contribution in [1.82, 2.24) is 24.6 Å². The number of pyridine rings is 1. The molecule has 0 unspecified atom stereocenters. The van der Waals surface area contributed by atoms with Gasteiger partial charge in [-0.05, 0) is 49.2 Å². The average molecular weight is 474 g/mol. The number of hydrogen-bond donors (Lipinski definition) is 0. The third-order valence-corrected chi connectivity index (χ3v) is 7.36. The second-order valence-corrected chi connectivity index (χ2v) is 9.65. The third kappa shape index (κ3) is 5.54. The molecule has 2 aromatic heterocycles. The molecule has 174 valence electrons. The van der Waals surface area contributed by atoms with Crippen LogP contribution in [0.3, 0.4) is 0 Å². The van der Waals surface area contributed by atoms with Crippen LogP contribution in [-0.4, -0.2) is 37.7 Å². The third-order valence-electron chi connectivity index (χ3n) is 6.32. The Morgan fingerprint density at radius 3 is 2.38 bits per heavy atom. The van der Waals surface area contributed by atoms with E-state index in [0.29, 0.717) is 12.5 Å². The highest BCUT2D eigenvalue weighted by Crippen LogP contribution is 2.31. The van der Waals surface area contributed by atoms with E-state index in [1.54, 1.807) is 30.1 Å². The molecule has 2 aromatic carbocycles. The lowest BCUT2D eigenvalue weighted by atomic mass is 9.95. The van der Waals surface area contributed by atoms with Crippen LogP contribution in [0.2, 0.25) is 0 Å². The first-order valence-corrected chi connectivity index (χ1v) is 12.7. The Morgan fingerprint density at radius 1 is 0.853 bits per heavy atom. The highest BCUT2D eigenvalue weighted by atomic mass is 32.2. The van der Waals surface area contributed by atoms with E-state index in [1.807, 2.05) is 30.5 Å². The molecule has 0 bridgehead atoms. The smallest absolute Gasteiger partial charge is 0.191 e. The van der Waals surface area contributed by atoms with Crippen molar-refractivity contribution in [3.05, 3.63) is 107 Å². The van der Waals surface area contributed by atoms with Gasteiger partial charge in [-0.2, -0.15) is 0 Å². The number of halogens is 1. The molecule has 1 saturated heterocycles. The van der Waals surface area contributed by atoms with E-state index in [0.717, 1.165) is 54.8 Å². The van der Waals surface area contributed by atoms with Crippen molar-refractivity contribution in [3.63, 3.8) is 0 Å². The van der Waals surface area contributed by atoms with Gasteiger partial charge in [0.2, 0.25) is 0 Å². The van der Waals surface area contributed by atoms with Gasteiger partial charge in [0, 0.05) is 36.2 Å². The van der Waals surface area contributed by atoms with Gasteiger partial charge < -0.3 is 4.57 Å². The summed E-state index contributed by atoms with van der Waals surface area (Å²) in [5, 5.41) is 10.2. The quantitative estimate of drug-likeness (QED) is 0.315. The van der Waals surface area contributed by atoms with E-state index in [9.17, 15) is 4.39 Å². The minimum Gasteiger partial charge on any atom is -0.301 e. The largest absolute Gasteiger partial charge is 0.301 e. The van der Waals surface area contributed by atoms with Gasteiger partial charge in [-0.15, -0.1) is 10.2 Å². The predicted molar refractivity (Wildman–Crippen MR) is 133 cm³/mol. The molecule has 1 aliphatic rings. The van der Waals surface area contributed by atoms with Crippen LogP contribution >= 0.6 is 11.8 Å². The van der Waals surface area contributed by atoms with Crippen molar-refractivity contribution in [1.29, 1.82) is 0 Å². The number of thioether (sulfide) groups is 1. The van der Waals surface area contributed by atoms with E-state index in [-0.39, 0.29) is 5.82 Å². The number of aromatic nitrogens is 4. The van der Waals surface area contributed by atoms with Gasteiger partial charge in [-0.3, -0.25) is 9.88 Å². The number of benzene rings is 2. The summed E-state index contributed by atoms with van der Waals surface area (Å²) in [6, 6.07) is 21.6. The normalized spacial score (nSPS) is 15.0. The summed E-state index contributed by atoms with van der Waals surface area (Å²) in [6.07, 6.45) is 5.68. The van der Waals surface area contributed by atoms with E-state index in [2.05, 4.69) is 55.0 Å². The lowest BCUT2D eigenvalue weighted by Crippen LogP contribution is -2.33. The van der Waals surface area contributed by atoms with Crippen LogP contribution in [0.1, 0.15) is 41.3 Å². The van der Waals surface area contributed by atoms with Gasteiger partial charge in [0.25, 0.3) is 0 Å². The van der Waals surface area contributed by atoms with Crippen molar-refractivity contribution >= 4 is 11.8 Å². The van der Waals surface area contributed by atoms with Crippen LogP contribution < -0.4 is 0 Å². The van der Waals surface area contributed by atoms with Gasteiger partial charge in [-0.1, -0.05) is 66.4 Å². The molecule has 0 spiro atoms. The molecule has 0 aliphatic carbocycles. The Bertz CT molecular complexity index is 1190. The van der Waals surface area contributed by atoms with Crippen molar-refractivity contribution in [2.75, 3.05) is 13.1 Å². The maximum atomic E-state index is 14.1.